The summed E-state index contributed by atoms with van der Waals surface area (Å²) in [4.78, 5) is 24.0. The van der Waals surface area contributed by atoms with E-state index in [0.29, 0.717) is 31.3 Å². The number of hydrogen-bond donors (Lipinski definition) is 1. The van der Waals surface area contributed by atoms with E-state index in [9.17, 15) is 4.79 Å². The number of hydrogen-bond acceptors (Lipinski definition) is 6. The number of aromatic nitrogens is 2. The van der Waals surface area contributed by atoms with Crippen LogP contribution in [0.5, 0.6) is 0 Å². The zero-order chi connectivity index (χ0) is 16.1. The van der Waals surface area contributed by atoms with E-state index < -0.39 is 0 Å². The summed E-state index contributed by atoms with van der Waals surface area (Å²) in [6, 6.07) is 2.08. The Labute approximate surface area is 139 Å². The molecule has 0 bridgehead atoms. The van der Waals surface area contributed by atoms with Crippen molar-refractivity contribution in [1.29, 1.82) is 0 Å². The zero-order valence-corrected chi connectivity index (χ0v) is 13.9. The minimum absolute atomic E-state index is 0.0134. The van der Waals surface area contributed by atoms with Crippen molar-refractivity contribution in [3.05, 3.63) is 34.3 Å². The Kier molecular flexibility index (Phi) is 5.19. The Morgan fingerprint density at radius 2 is 2.09 bits per heavy atom. The number of carbonyl (C=O) groups is 1. The number of thiophene rings is 1. The molecule has 0 atom stereocenters. The summed E-state index contributed by atoms with van der Waals surface area (Å²) in [6.45, 7) is 5.06. The molecule has 3 rings (SSSR count). The molecule has 1 saturated heterocycles. The Bertz CT molecular complexity index is 650. The first-order valence-corrected chi connectivity index (χ1v) is 8.58. The van der Waals surface area contributed by atoms with Gasteiger partial charge in [0.2, 0.25) is 11.9 Å². The van der Waals surface area contributed by atoms with E-state index >= 15 is 0 Å². The van der Waals surface area contributed by atoms with Crippen LogP contribution in [0.15, 0.2) is 23.8 Å². The summed E-state index contributed by atoms with van der Waals surface area (Å²) < 4.78 is 5.31. The van der Waals surface area contributed by atoms with Crippen LogP contribution in [0.4, 0.5) is 11.6 Å². The number of nitrogens with one attached hydrogen (secondary N) is 1. The molecule has 2 aromatic heterocycles. The molecule has 0 aliphatic carbocycles. The Balaban J connectivity index is 1.51. The largest absolute Gasteiger partial charge is 0.378 e. The number of morpholine rings is 1. The minimum Gasteiger partial charge on any atom is -0.378 e. The van der Waals surface area contributed by atoms with Crippen molar-refractivity contribution in [2.24, 2.45) is 0 Å². The smallest absolute Gasteiger partial charge is 0.225 e. The highest BCUT2D eigenvalue weighted by molar-refractivity contribution is 7.10. The second-order valence-electron chi connectivity index (χ2n) is 5.45. The average molecular weight is 332 g/mol. The Morgan fingerprint density at radius 1 is 1.35 bits per heavy atom. The number of aryl methyl sites for hydroxylation is 2. The van der Waals surface area contributed by atoms with Gasteiger partial charge in [-0.05, 0) is 30.4 Å². The summed E-state index contributed by atoms with van der Waals surface area (Å²) in [7, 11) is 0. The van der Waals surface area contributed by atoms with Gasteiger partial charge in [-0.2, -0.15) is 0 Å². The SMILES string of the molecule is Cc1ccsc1CCC(=O)Nc1cnc(N2CCOCC2)nc1. The van der Waals surface area contributed by atoms with Crippen LogP contribution in [-0.2, 0) is 16.0 Å². The third-order valence-corrected chi connectivity index (χ3v) is 4.85. The molecule has 7 heteroatoms. The molecule has 0 aromatic carbocycles. The molecule has 23 heavy (non-hydrogen) atoms. The number of ether oxygens (including phenoxy) is 1. The third kappa shape index (κ3) is 4.27. The lowest BCUT2D eigenvalue weighted by atomic mass is 10.2. The Hall–Kier alpha value is -1.99. The van der Waals surface area contributed by atoms with Gasteiger partial charge in [-0.3, -0.25) is 4.79 Å². The fourth-order valence-electron chi connectivity index (χ4n) is 2.42. The summed E-state index contributed by atoms with van der Waals surface area (Å²) in [5, 5.41) is 4.91. The van der Waals surface area contributed by atoms with Gasteiger partial charge in [0.15, 0.2) is 0 Å². The zero-order valence-electron chi connectivity index (χ0n) is 13.1. The monoisotopic (exact) mass is 332 g/mol. The van der Waals surface area contributed by atoms with E-state index in [1.807, 2.05) is 0 Å². The molecule has 0 spiro atoms. The molecule has 122 valence electrons. The van der Waals surface area contributed by atoms with Crippen molar-refractivity contribution in [2.75, 3.05) is 36.5 Å². The van der Waals surface area contributed by atoms with Crippen molar-refractivity contribution in [2.45, 2.75) is 19.8 Å². The van der Waals surface area contributed by atoms with Crippen molar-refractivity contribution in [1.82, 2.24) is 9.97 Å². The van der Waals surface area contributed by atoms with Crippen LogP contribution in [0.1, 0.15) is 16.9 Å². The highest BCUT2D eigenvalue weighted by Crippen LogP contribution is 2.18. The number of nitrogens with zero attached hydrogens (tertiary/aromatic N) is 3. The van der Waals surface area contributed by atoms with Crippen LogP contribution in [0.25, 0.3) is 0 Å². The van der Waals surface area contributed by atoms with Crippen LogP contribution >= 0.6 is 11.3 Å². The topological polar surface area (TPSA) is 67.4 Å². The number of anilines is 2. The maximum absolute atomic E-state index is 12.0. The van der Waals surface area contributed by atoms with Crippen LogP contribution in [0, 0.1) is 6.92 Å². The fraction of sp³-hybridized carbons (Fsp3) is 0.438. The summed E-state index contributed by atoms with van der Waals surface area (Å²) in [6.07, 6.45) is 4.55. The van der Waals surface area contributed by atoms with Crippen LogP contribution in [0.2, 0.25) is 0 Å². The van der Waals surface area contributed by atoms with Gasteiger partial charge in [0.1, 0.15) is 0 Å². The maximum Gasteiger partial charge on any atom is 0.225 e. The van der Waals surface area contributed by atoms with Gasteiger partial charge in [-0.1, -0.05) is 0 Å². The molecule has 1 fully saturated rings. The first-order valence-electron chi connectivity index (χ1n) is 7.70. The lowest BCUT2D eigenvalue weighted by Crippen LogP contribution is -2.37. The standard InChI is InChI=1S/C16H20N4O2S/c1-12-4-9-23-14(12)2-3-15(21)19-13-10-17-16(18-11-13)20-5-7-22-8-6-20/h4,9-11H,2-3,5-8H2,1H3,(H,19,21). The van der Waals surface area contributed by atoms with Gasteiger partial charge in [-0.25, -0.2) is 9.97 Å². The lowest BCUT2D eigenvalue weighted by molar-refractivity contribution is -0.116. The second kappa shape index (κ2) is 7.52. The lowest BCUT2D eigenvalue weighted by Gasteiger charge is -2.26. The molecule has 1 amide bonds. The summed E-state index contributed by atoms with van der Waals surface area (Å²) >= 11 is 1.70. The molecular weight excluding hydrogens is 312 g/mol. The summed E-state index contributed by atoms with van der Waals surface area (Å²) in [5.41, 5.74) is 1.89. The maximum atomic E-state index is 12.0. The van der Waals surface area contributed by atoms with Crippen molar-refractivity contribution >= 4 is 28.9 Å². The number of amides is 1. The molecule has 3 heterocycles. The predicted octanol–water partition coefficient (Wildman–Crippen LogP) is 2.25. The van der Waals surface area contributed by atoms with Crippen LogP contribution in [-0.4, -0.2) is 42.2 Å². The highest BCUT2D eigenvalue weighted by atomic mass is 32.1. The molecule has 1 N–H and O–H groups in total. The van der Waals surface area contributed by atoms with Crippen molar-refractivity contribution in [3.63, 3.8) is 0 Å². The molecule has 0 radical (unpaired) electrons. The second-order valence-corrected chi connectivity index (χ2v) is 6.45. The quantitative estimate of drug-likeness (QED) is 0.909. The molecule has 1 aliphatic rings. The predicted molar refractivity (Wildman–Crippen MR) is 91.1 cm³/mol. The molecule has 0 unspecified atom stereocenters. The number of rotatable bonds is 5. The molecule has 1 aliphatic heterocycles. The van der Waals surface area contributed by atoms with E-state index in [0.717, 1.165) is 19.5 Å². The average Bonchev–Trinajstić information content (AvgIpc) is 3.00. The van der Waals surface area contributed by atoms with Crippen LogP contribution < -0.4 is 10.2 Å². The third-order valence-electron chi connectivity index (χ3n) is 3.76. The van der Waals surface area contributed by atoms with Gasteiger partial charge in [0, 0.05) is 24.4 Å². The van der Waals surface area contributed by atoms with Gasteiger partial charge in [0.25, 0.3) is 0 Å². The van der Waals surface area contributed by atoms with E-state index in [1.165, 1.54) is 10.4 Å². The summed E-state index contributed by atoms with van der Waals surface area (Å²) in [5.74, 6) is 0.668. The van der Waals surface area contributed by atoms with E-state index in [-0.39, 0.29) is 5.91 Å². The normalized spacial score (nSPS) is 14.7. The first kappa shape index (κ1) is 15.9. The molecule has 6 nitrogen and oxygen atoms in total. The van der Waals surface area contributed by atoms with Gasteiger partial charge in [-0.15, -0.1) is 11.3 Å². The number of carbonyl (C=O) groups excluding carboxylic acids is 1. The van der Waals surface area contributed by atoms with Crippen LogP contribution in [0.3, 0.4) is 0 Å². The Morgan fingerprint density at radius 3 is 2.74 bits per heavy atom. The molecular formula is C16H20N4O2S. The molecule has 0 saturated carbocycles. The fourth-order valence-corrected chi connectivity index (χ4v) is 3.33. The van der Waals surface area contributed by atoms with Gasteiger partial charge < -0.3 is 15.0 Å². The van der Waals surface area contributed by atoms with E-state index in [4.69, 9.17) is 4.74 Å². The van der Waals surface area contributed by atoms with Gasteiger partial charge >= 0.3 is 0 Å². The highest BCUT2D eigenvalue weighted by Gasteiger charge is 2.13. The molecule has 2 aromatic rings. The minimum atomic E-state index is -0.0134. The first-order chi connectivity index (χ1) is 11.2. The van der Waals surface area contributed by atoms with Crippen molar-refractivity contribution in [3.8, 4) is 0 Å². The van der Waals surface area contributed by atoms with Crippen molar-refractivity contribution < 1.29 is 9.53 Å². The van der Waals surface area contributed by atoms with E-state index in [1.54, 1.807) is 23.7 Å². The van der Waals surface area contributed by atoms with Gasteiger partial charge in [0.05, 0.1) is 31.3 Å². The van der Waals surface area contributed by atoms with E-state index in [2.05, 4.69) is 38.6 Å².